The number of ketones is 1. The average Bonchev–Trinajstić information content (AvgIpc) is 2.72. The van der Waals surface area contributed by atoms with Gasteiger partial charge < -0.3 is 9.80 Å². The first-order valence-electron chi connectivity index (χ1n) is 10.6. The van der Waals surface area contributed by atoms with E-state index in [0.717, 1.165) is 19.5 Å². The van der Waals surface area contributed by atoms with Crippen LogP contribution in [0.5, 0.6) is 0 Å². The van der Waals surface area contributed by atoms with Crippen molar-refractivity contribution in [2.75, 3.05) is 31.1 Å². The van der Waals surface area contributed by atoms with Gasteiger partial charge >= 0.3 is 0 Å². The Morgan fingerprint density at radius 3 is 2.24 bits per heavy atom. The van der Waals surface area contributed by atoms with E-state index >= 15 is 0 Å². The van der Waals surface area contributed by atoms with Crippen molar-refractivity contribution in [2.24, 2.45) is 5.92 Å². The number of aryl methyl sites for hydroxylation is 1. The zero-order valence-electron chi connectivity index (χ0n) is 17.9. The number of carbonyl (C=O) groups is 2. The molecule has 0 aromatic heterocycles. The molecule has 0 aliphatic carbocycles. The lowest BCUT2D eigenvalue weighted by Crippen LogP contribution is -2.48. The first-order valence-corrected chi connectivity index (χ1v) is 10.6. The minimum atomic E-state index is 0.0489. The number of rotatable bonds is 7. The van der Waals surface area contributed by atoms with Crippen molar-refractivity contribution < 1.29 is 9.59 Å². The first-order chi connectivity index (χ1) is 13.9. The molecule has 1 fully saturated rings. The monoisotopic (exact) mass is 392 g/mol. The van der Waals surface area contributed by atoms with Gasteiger partial charge in [0.15, 0.2) is 5.78 Å². The lowest BCUT2D eigenvalue weighted by molar-refractivity contribution is -0.131. The first kappa shape index (κ1) is 21.1. The molecule has 1 aliphatic heterocycles. The van der Waals surface area contributed by atoms with E-state index in [-0.39, 0.29) is 24.5 Å². The third-order valence-corrected chi connectivity index (χ3v) is 5.48. The molecule has 1 heterocycles. The molecular formula is C25H32N2O2. The summed E-state index contributed by atoms with van der Waals surface area (Å²) in [5.41, 5.74) is 4.42. The highest BCUT2D eigenvalue weighted by Crippen LogP contribution is 2.18. The minimum Gasteiger partial charge on any atom is -0.368 e. The molecule has 154 valence electrons. The molecule has 1 amide bonds. The maximum absolute atomic E-state index is 12.6. The van der Waals surface area contributed by atoms with E-state index < -0.39 is 0 Å². The maximum Gasteiger partial charge on any atom is 0.223 e. The van der Waals surface area contributed by atoms with E-state index in [9.17, 15) is 9.59 Å². The summed E-state index contributed by atoms with van der Waals surface area (Å²) in [6.07, 6.45) is 1.58. The molecule has 0 unspecified atom stereocenters. The molecule has 1 saturated heterocycles. The van der Waals surface area contributed by atoms with E-state index in [1.807, 2.05) is 29.2 Å². The van der Waals surface area contributed by atoms with Crippen molar-refractivity contribution in [1.82, 2.24) is 4.90 Å². The van der Waals surface area contributed by atoms with Gasteiger partial charge in [0.2, 0.25) is 5.91 Å². The Bertz CT molecular complexity index is 834. The zero-order valence-corrected chi connectivity index (χ0v) is 17.9. The van der Waals surface area contributed by atoms with Gasteiger partial charge in [-0.25, -0.2) is 0 Å². The summed E-state index contributed by atoms with van der Waals surface area (Å²) in [6, 6.07) is 16.3. The molecule has 4 heteroatoms. The summed E-state index contributed by atoms with van der Waals surface area (Å²) in [7, 11) is 0. The standard InChI is InChI=1S/C25H32N2O2/c1-19(2)17-21-7-9-22(10-8-21)24(28)11-12-25(29)27-15-13-26(14-16-27)23-6-4-5-20(3)18-23/h4-10,18-19H,11-17H2,1-3H3. The highest BCUT2D eigenvalue weighted by Gasteiger charge is 2.22. The number of hydrogen-bond donors (Lipinski definition) is 0. The van der Waals surface area contributed by atoms with Crippen LogP contribution in [-0.4, -0.2) is 42.8 Å². The van der Waals surface area contributed by atoms with Gasteiger partial charge in [0, 0.05) is 50.3 Å². The van der Waals surface area contributed by atoms with Gasteiger partial charge in [0.1, 0.15) is 0 Å². The van der Waals surface area contributed by atoms with Gasteiger partial charge in [0.25, 0.3) is 0 Å². The van der Waals surface area contributed by atoms with Crippen molar-refractivity contribution in [3.05, 3.63) is 65.2 Å². The number of carbonyl (C=O) groups excluding carboxylic acids is 2. The molecule has 0 bridgehead atoms. The van der Waals surface area contributed by atoms with Crippen LogP contribution in [0.25, 0.3) is 0 Å². The Morgan fingerprint density at radius 2 is 1.62 bits per heavy atom. The van der Waals surface area contributed by atoms with Crippen molar-refractivity contribution in [3.63, 3.8) is 0 Å². The number of Topliss-reactive ketones (excluding diaryl/α,β-unsaturated/α-hetero) is 1. The summed E-state index contributed by atoms with van der Waals surface area (Å²) in [4.78, 5) is 29.2. The molecular weight excluding hydrogens is 360 g/mol. The van der Waals surface area contributed by atoms with Crippen molar-refractivity contribution >= 4 is 17.4 Å². The van der Waals surface area contributed by atoms with Gasteiger partial charge in [-0.2, -0.15) is 0 Å². The third kappa shape index (κ3) is 5.93. The molecule has 1 aliphatic rings. The SMILES string of the molecule is Cc1cccc(N2CCN(C(=O)CCC(=O)c3ccc(CC(C)C)cc3)CC2)c1. The number of hydrogen-bond acceptors (Lipinski definition) is 3. The van der Waals surface area contributed by atoms with Crippen LogP contribution in [0.1, 0.15) is 48.2 Å². The van der Waals surface area contributed by atoms with Gasteiger partial charge in [-0.1, -0.05) is 50.2 Å². The number of piperazine rings is 1. The van der Waals surface area contributed by atoms with Gasteiger partial charge in [-0.15, -0.1) is 0 Å². The predicted molar refractivity (Wildman–Crippen MR) is 119 cm³/mol. The van der Waals surface area contributed by atoms with Crippen LogP contribution in [-0.2, 0) is 11.2 Å². The number of anilines is 1. The highest BCUT2D eigenvalue weighted by atomic mass is 16.2. The lowest BCUT2D eigenvalue weighted by Gasteiger charge is -2.36. The Morgan fingerprint density at radius 1 is 0.931 bits per heavy atom. The quantitative estimate of drug-likeness (QED) is 0.651. The Hall–Kier alpha value is -2.62. The molecule has 3 rings (SSSR count). The molecule has 29 heavy (non-hydrogen) atoms. The van der Waals surface area contributed by atoms with Crippen LogP contribution in [0.3, 0.4) is 0 Å². The smallest absolute Gasteiger partial charge is 0.223 e. The van der Waals surface area contributed by atoms with Crippen LogP contribution in [0.2, 0.25) is 0 Å². The lowest BCUT2D eigenvalue weighted by atomic mass is 9.99. The van der Waals surface area contributed by atoms with Gasteiger partial charge in [0.05, 0.1) is 0 Å². The maximum atomic E-state index is 12.6. The van der Waals surface area contributed by atoms with E-state index in [1.165, 1.54) is 16.8 Å². The van der Waals surface area contributed by atoms with Gasteiger partial charge in [-0.05, 0) is 42.5 Å². The largest absolute Gasteiger partial charge is 0.368 e. The fourth-order valence-electron chi connectivity index (χ4n) is 3.86. The fraction of sp³-hybridized carbons (Fsp3) is 0.440. The molecule has 2 aromatic carbocycles. The normalized spacial score (nSPS) is 14.3. The van der Waals surface area contributed by atoms with Crippen LogP contribution < -0.4 is 4.90 Å². The van der Waals surface area contributed by atoms with E-state index in [4.69, 9.17) is 0 Å². The number of benzene rings is 2. The highest BCUT2D eigenvalue weighted by molar-refractivity contribution is 5.98. The molecule has 4 nitrogen and oxygen atoms in total. The third-order valence-electron chi connectivity index (χ3n) is 5.48. The summed E-state index contributed by atoms with van der Waals surface area (Å²) in [6.45, 7) is 9.56. The zero-order chi connectivity index (χ0) is 20.8. The van der Waals surface area contributed by atoms with Crippen LogP contribution in [0.4, 0.5) is 5.69 Å². The minimum absolute atomic E-state index is 0.0489. The molecule has 0 N–H and O–H groups in total. The molecule has 0 saturated carbocycles. The van der Waals surface area contributed by atoms with Gasteiger partial charge in [-0.3, -0.25) is 9.59 Å². The molecule has 0 atom stereocenters. The Balaban J connectivity index is 1.45. The summed E-state index contributed by atoms with van der Waals surface area (Å²) >= 11 is 0. The van der Waals surface area contributed by atoms with E-state index in [0.29, 0.717) is 24.6 Å². The second kappa shape index (κ2) is 9.73. The Labute approximate surface area is 174 Å². The number of nitrogens with zero attached hydrogens (tertiary/aromatic N) is 2. The summed E-state index contributed by atoms with van der Waals surface area (Å²) in [5.74, 6) is 0.729. The molecule has 0 spiro atoms. The molecule has 2 aromatic rings. The van der Waals surface area contributed by atoms with Crippen LogP contribution in [0, 0.1) is 12.8 Å². The van der Waals surface area contributed by atoms with Crippen LogP contribution >= 0.6 is 0 Å². The van der Waals surface area contributed by atoms with Crippen LogP contribution in [0.15, 0.2) is 48.5 Å². The topological polar surface area (TPSA) is 40.6 Å². The van der Waals surface area contributed by atoms with Crippen molar-refractivity contribution in [2.45, 2.75) is 40.0 Å². The van der Waals surface area contributed by atoms with Crippen molar-refractivity contribution in [3.8, 4) is 0 Å². The number of amides is 1. The second-order valence-electron chi connectivity index (χ2n) is 8.42. The average molecular weight is 393 g/mol. The summed E-state index contributed by atoms with van der Waals surface area (Å²) < 4.78 is 0. The summed E-state index contributed by atoms with van der Waals surface area (Å²) in [5, 5.41) is 0. The second-order valence-corrected chi connectivity index (χ2v) is 8.42. The van der Waals surface area contributed by atoms with E-state index in [2.05, 4.69) is 49.9 Å². The molecule has 0 radical (unpaired) electrons. The fourth-order valence-corrected chi connectivity index (χ4v) is 3.86. The predicted octanol–water partition coefficient (Wildman–Crippen LogP) is 4.51. The van der Waals surface area contributed by atoms with Crippen molar-refractivity contribution in [1.29, 1.82) is 0 Å². The van der Waals surface area contributed by atoms with E-state index in [1.54, 1.807) is 0 Å². The Kier molecular flexibility index (Phi) is 7.08.